The molecule has 26 nitrogen and oxygen atoms in total. The van der Waals surface area contributed by atoms with E-state index in [1.54, 1.807) is 4.90 Å². The monoisotopic (exact) mass is 1150 g/mol. The minimum Gasteiger partial charge on any atom is -0.480 e. The number of carboxylic acids is 1. The van der Waals surface area contributed by atoms with Crippen LogP contribution in [0.1, 0.15) is 61.6 Å². The van der Waals surface area contributed by atoms with Crippen LogP contribution in [0.5, 0.6) is 0 Å². The fraction of sp³-hybridized carbons (Fsp3) is 0.549. The maximum absolute atomic E-state index is 13.4. The van der Waals surface area contributed by atoms with Gasteiger partial charge in [0.25, 0.3) is 0 Å². The molecule has 0 bridgehead atoms. The molecule has 433 valence electrons. The molecule has 1 atom stereocenters. The Bertz CT molecular complexity index is 2320. The van der Waals surface area contributed by atoms with E-state index >= 15 is 0 Å². The number of para-hydroxylation sites is 1. The summed E-state index contributed by atoms with van der Waals surface area (Å²) < 4.78 is 21.6. The fourth-order valence-electron chi connectivity index (χ4n) is 7.79. The molecule has 2 aromatic rings. The Morgan fingerprint density at radius 2 is 1.00 bits per heavy atom. The molecule has 0 aromatic heterocycles. The van der Waals surface area contributed by atoms with Gasteiger partial charge in [-0.25, -0.2) is 24.0 Å². The first-order chi connectivity index (χ1) is 37.1. The van der Waals surface area contributed by atoms with Crippen LogP contribution < -0.4 is 26.2 Å². The van der Waals surface area contributed by atoms with Gasteiger partial charge in [0.05, 0.1) is 58.5 Å². The molecule has 0 spiro atoms. The third kappa shape index (κ3) is 24.8. The number of nitrogens with one attached hydrogen (secondary N) is 4. The predicted octanol–water partition coefficient (Wildman–Crippen LogP) is 1.49. The maximum Gasteiger partial charge on any atom is 0.407 e. The number of fused-ring (bicyclic) bond motifs is 2. The van der Waals surface area contributed by atoms with Crippen molar-refractivity contribution >= 4 is 59.6 Å². The zero-order valence-corrected chi connectivity index (χ0v) is 44.4. The Morgan fingerprint density at radius 3 is 1.56 bits per heavy atom. The Balaban J connectivity index is 0.0000160. The summed E-state index contributed by atoms with van der Waals surface area (Å²) in [5, 5.41) is 48.9. The second-order valence-corrected chi connectivity index (χ2v) is 17.6. The van der Waals surface area contributed by atoms with Gasteiger partial charge in [0, 0.05) is 119 Å². The number of unbranched alkanes of at least 4 members (excludes halogenated alkanes) is 1. The van der Waals surface area contributed by atoms with Gasteiger partial charge in [-0.1, -0.05) is 42.2 Å². The Labute approximate surface area is 462 Å². The Kier molecular flexibility index (Phi) is 30.7. The van der Waals surface area contributed by atoms with Crippen LogP contribution in [-0.2, 0) is 66.5 Å². The summed E-state index contributed by atoms with van der Waals surface area (Å²) in [6.45, 7) is 0.737. The van der Waals surface area contributed by atoms with Gasteiger partial charge in [0.15, 0.2) is 0 Å². The molecule has 1 fully saturated rings. The zero-order chi connectivity index (χ0) is 55.8. The number of nitrogens with zero attached hydrogens (tertiary/aromatic N) is 5. The average Bonchev–Trinajstić information content (AvgIpc) is 3.40. The van der Waals surface area contributed by atoms with Crippen LogP contribution in [0.15, 0.2) is 48.5 Å². The van der Waals surface area contributed by atoms with Crippen molar-refractivity contribution in [2.45, 2.75) is 57.5 Å². The van der Waals surface area contributed by atoms with E-state index < -0.39 is 48.8 Å². The number of ether oxygens (including phenoxy) is 4. The molecule has 4 rings (SSSR count). The number of anilines is 1. The van der Waals surface area contributed by atoms with E-state index in [1.807, 2.05) is 48.5 Å². The van der Waals surface area contributed by atoms with Crippen LogP contribution in [-0.4, -0.2) is 225 Å². The maximum atomic E-state index is 13.4. The molecule has 8 N–H and O–H groups in total. The van der Waals surface area contributed by atoms with Crippen molar-refractivity contribution in [1.29, 1.82) is 0 Å². The number of carboxylic acid groups (broad SMARTS) is 4. The van der Waals surface area contributed by atoms with Crippen molar-refractivity contribution in [2.24, 2.45) is 0 Å². The second kappa shape index (κ2) is 36.8. The van der Waals surface area contributed by atoms with Crippen molar-refractivity contribution in [3.05, 3.63) is 65.2 Å². The minimum absolute atomic E-state index is 0. The summed E-state index contributed by atoms with van der Waals surface area (Å²) in [5.74, 6) is 3.85. The van der Waals surface area contributed by atoms with Crippen LogP contribution in [0.2, 0.25) is 0 Å². The summed E-state index contributed by atoms with van der Waals surface area (Å²) in [5.41, 5.74) is 3.28. The molecule has 2 aromatic carbocycles. The second-order valence-electron chi connectivity index (χ2n) is 17.6. The number of amides is 9. The summed E-state index contributed by atoms with van der Waals surface area (Å²) in [7, 11) is 0. The molecule has 0 saturated carbocycles. The van der Waals surface area contributed by atoms with Gasteiger partial charge in [-0.3, -0.25) is 19.2 Å². The van der Waals surface area contributed by atoms with Crippen molar-refractivity contribution in [3.8, 4) is 11.8 Å². The van der Waals surface area contributed by atoms with E-state index in [1.165, 1.54) is 4.90 Å². The molecule has 27 heteroatoms. The van der Waals surface area contributed by atoms with Crippen LogP contribution >= 0.6 is 0 Å². The molecule has 78 heavy (non-hydrogen) atoms. The van der Waals surface area contributed by atoms with Gasteiger partial charge < -0.3 is 85.1 Å². The first-order valence-electron chi connectivity index (χ1n) is 25.4. The van der Waals surface area contributed by atoms with Crippen LogP contribution in [0.25, 0.3) is 0 Å². The molecule has 0 unspecified atom stereocenters. The number of benzene rings is 2. The number of hydrogen-bond acceptors (Lipinski definition) is 13. The van der Waals surface area contributed by atoms with Gasteiger partial charge in [-0.2, -0.15) is 0 Å². The average molecular weight is 1150 g/mol. The first-order valence-corrected chi connectivity index (χ1v) is 25.4. The third-order valence-electron chi connectivity index (χ3n) is 12.0. The van der Waals surface area contributed by atoms with E-state index in [9.17, 15) is 63.6 Å². The molecular weight excluding hydrogens is 1070 g/mol. The molecule has 9 amide bonds. The molecule has 0 aliphatic carbocycles. The number of rotatable bonds is 28. The van der Waals surface area contributed by atoms with Crippen molar-refractivity contribution in [3.63, 3.8) is 0 Å². The van der Waals surface area contributed by atoms with Gasteiger partial charge in [0.1, 0.15) is 12.6 Å². The van der Waals surface area contributed by atoms with Gasteiger partial charge >= 0.3 is 30.3 Å². The predicted molar refractivity (Wildman–Crippen MR) is 275 cm³/mol. The number of carbonyl (C=O) groups excluding carboxylic acids is 5. The molecular formula is C51H71CuN9O17. The van der Waals surface area contributed by atoms with Crippen LogP contribution in [0.3, 0.4) is 0 Å². The smallest absolute Gasteiger partial charge is 0.407 e. The van der Waals surface area contributed by atoms with Gasteiger partial charge in [-0.15, -0.1) is 0 Å². The summed E-state index contributed by atoms with van der Waals surface area (Å²) in [6, 6.07) is 13.4. The van der Waals surface area contributed by atoms with Crippen molar-refractivity contribution in [1.82, 2.24) is 40.9 Å². The van der Waals surface area contributed by atoms with Crippen molar-refractivity contribution < 1.29 is 99.6 Å². The quantitative estimate of drug-likeness (QED) is 0.0340. The SMILES string of the molecule is O=C(CCCC(=O)NCCC(=O)N1Cc2ccccc2C#Cc2ccccc21)NCCOCCOCCOCCOCC(=O)N[C@H](CCCCNC(=O)N1CCN(C(=O)O)CCN(C(=O)O)CCN(C(=O)O)CC1)C(=O)O.[64Cu]. The van der Waals surface area contributed by atoms with E-state index in [2.05, 4.69) is 33.1 Å². The number of carbonyl (C=O) groups is 9. The first kappa shape index (κ1) is 65.1. The zero-order valence-electron chi connectivity index (χ0n) is 43.4. The van der Waals surface area contributed by atoms with E-state index in [-0.39, 0.29) is 179 Å². The Hall–Kier alpha value is -7.21. The summed E-state index contributed by atoms with van der Waals surface area (Å²) in [4.78, 5) is 116. The fourth-order valence-corrected chi connectivity index (χ4v) is 7.79. The van der Waals surface area contributed by atoms with Crippen LogP contribution in [0.4, 0.5) is 24.9 Å². The number of aliphatic carboxylic acids is 1. The van der Waals surface area contributed by atoms with Crippen molar-refractivity contribution in [2.75, 3.05) is 130 Å². The third-order valence-corrected chi connectivity index (χ3v) is 12.0. The number of hydrogen-bond donors (Lipinski definition) is 8. The van der Waals surface area contributed by atoms with E-state index in [0.717, 1.165) is 37.1 Å². The standard InChI is InChI=1S/C51H71N9O17.Cu/c61-43(52-19-17-46(64)60-36-40-10-2-1-8-38(40)15-16-39-9-3-4-12-42(39)60)13-7-14-44(62)53-20-29-74-30-31-75-32-33-76-34-35-77-37-45(63)55-41(47(65)66)11-5-6-18-54-48(67)56-21-23-57(49(68)69)25-27-59(51(72)73)28-26-58(24-22-56)50(70)71;/h1-4,8-10,12,41H,5-7,11,13-14,17-37H2,(H,52,61)(H,53,62)(H,54,67)(H,55,63)(H,65,66)(H,68,69)(H,70,71)(H,72,73);/t41-;/m1./s1/i;1+0. The molecule has 1 radical (unpaired) electrons. The topological polar surface area (TPSA) is 336 Å². The summed E-state index contributed by atoms with van der Waals surface area (Å²) >= 11 is 0. The normalized spacial score (nSPS) is 13.9. The largest absolute Gasteiger partial charge is 0.480 e. The summed E-state index contributed by atoms with van der Waals surface area (Å²) in [6.07, 6.45) is -2.55. The molecule has 1 saturated heterocycles. The molecule has 2 aliphatic heterocycles. The van der Waals surface area contributed by atoms with E-state index in [4.69, 9.17) is 18.9 Å². The molecule has 2 aliphatic rings. The van der Waals surface area contributed by atoms with E-state index in [0.29, 0.717) is 25.8 Å². The van der Waals surface area contributed by atoms with Gasteiger partial charge in [-0.05, 0) is 49.4 Å². The Morgan fingerprint density at radius 1 is 0.513 bits per heavy atom. The number of urea groups is 1. The van der Waals surface area contributed by atoms with Gasteiger partial charge in [0.2, 0.25) is 23.6 Å². The minimum atomic E-state index is -1.32. The molecule has 2 heterocycles. The van der Waals surface area contributed by atoms with Crippen LogP contribution in [0, 0.1) is 11.8 Å².